The van der Waals surface area contributed by atoms with Gasteiger partial charge in [-0.25, -0.2) is 4.79 Å². The van der Waals surface area contributed by atoms with E-state index in [4.69, 9.17) is 27.9 Å². The van der Waals surface area contributed by atoms with Crippen LogP contribution in [-0.2, 0) is 34.3 Å². The zero-order valence-corrected chi connectivity index (χ0v) is 23.6. The number of piperidine rings is 1. The lowest BCUT2D eigenvalue weighted by Gasteiger charge is -2.39. The van der Waals surface area contributed by atoms with Gasteiger partial charge in [0.1, 0.15) is 0 Å². The molecular formula is C28H33Cl2N3O6. The summed E-state index contributed by atoms with van der Waals surface area (Å²) in [4.78, 5) is 52.9. The van der Waals surface area contributed by atoms with E-state index in [1.807, 2.05) is 12.1 Å². The van der Waals surface area contributed by atoms with Crippen LogP contribution in [0, 0.1) is 5.92 Å². The van der Waals surface area contributed by atoms with Gasteiger partial charge in [0.25, 0.3) is 5.56 Å². The Hall–Kier alpha value is -3.04. The number of carbonyl (C=O) groups is 3. The first-order valence-corrected chi connectivity index (χ1v) is 13.8. The summed E-state index contributed by atoms with van der Waals surface area (Å²) >= 11 is 13.0. The minimum Gasteiger partial charge on any atom is -0.469 e. The lowest BCUT2D eigenvalue weighted by atomic mass is 9.79. The van der Waals surface area contributed by atoms with E-state index in [1.54, 1.807) is 24.2 Å². The molecule has 4 rings (SSSR count). The minimum atomic E-state index is -1.07. The number of carbonyl (C=O) groups excluding carboxylic acids is 2. The van der Waals surface area contributed by atoms with E-state index in [0.29, 0.717) is 34.9 Å². The SMILES string of the molecule is COC(=O)CCCc1cc(Cl)c(Cl)c(CN(C(=O)C2CN(C(=O)O)CCC2c2ccn(C)c(=O)c2)C2CC2)c1. The Morgan fingerprint density at radius 2 is 1.90 bits per heavy atom. The van der Waals surface area contributed by atoms with Gasteiger partial charge in [-0.05, 0) is 66.8 Å². The number of likely N-dealkylation sites (tertiary alicyclic amines) is 1. The van der Waals surface area contributed by atoms with Crippen LogP contribution < -0.4 is 5.56 Å². The minimum absolute atomic E-state index is 0.0276. The summed E-state index contributed by atoms with van der Waals surface area (Å²) in [5.41, 5.74) is 2.17. The summed E-state index contributed by atoms with van der Waals surface area (Å²) in [6, 6.07) is 7.08. The van der Waals surface area contributed by atoms with E-state index in [-0.39, 0.29) is 55.5 Å². The van der Waals surface area contributed by atoms with Crippen molar-refractivity contribution in [2.75, 3.05) is 20.2 Å². The largest absolute Gasteiger partial charge is 0.469 e. The number of ether oxygens (including phenoxy) is 1. The molecule has 2 heterocycles. The molecule has 210 valence electrons. The summed E-state index contributed by atoms with van der Waals surface area (Å²) in [5, 5.41) is 10.4. The second kappa shape index (κ2) is 12.4. The van der Waals surface area contributed by atoms with E-state index in [9.17, 15) is 24.3 Å². The van der Waals surface area contributed by atoms with Crippen molar-refractivity contribution in [1.29, 1.82) is 0 Å². The van der Waals surface area contributed by atoms with E-state index in [2.05, 4.69) is 0 Å². The van der Waals surface area contributed by atoms with Gasteiger partial charge in [-0.3, -0.25) is 14.4 Å². The first-order valence-electron chi connectivity index (χ1n) is 13.1. The molecule has 39 heavy (non-hydrogen) atoms. The molecule has 2 fully saturated rings. The van der Waals surface area contributed by atoms with Crippen LogP contribution >= 0.6 is 23.2 Å². The highest BCUT2D eigenvalue weighted by Gasteiger charge is 2.43. The highest BCUT2D eigenvalue weighted by Crippen LogP contribution is 2.39. The number of nitrogens with zero attached hydrogens (tertiary/aromatic N) is 3. The standard InChI is InChI=1S/C28H33Cl2N3O6/c1-31-10-8-18(14-24(31)34)21-9-11-32(28(37)38)16-22(21)27(36)33(20-6-7-20)15-19-12-17(13-23(29)26(19)30)4-3-5-25(35)39-2/h8,10,12-14,20-22H,3-7,9,11,15-16H2,1-2H3,(H,37,38). The van der Waals surface area contributed by atoms with E-state index in [1.165, 1.54) is 22.6 Å². The van der Waals surface area contributed by atoms with Gasteiger partial charge in [-0.2, -0.15) is 0 Å². The summed E-state index contributed by atoms with van der Waals surface area (Å²) in [7, 11) is 3.02. The molecule has 1 N–H and O–H groups in total. The second-order valence-electron chi connectivity index (χ2n) is 10.3. The lowest BCUT2D eigenvalue weighted by Crippen LogP contribution is -2.50. The molecule has 1 saturated carbocycles. The average molecular weight is 578 g/mol. The number of methoxy groups -OCH3 is 1. The number of carboxylic acid groups (broad SMARTS) is 1. The number of esters is 1. The molecule has 2 atom stereocenters. The molecule has 11 heteroatoms. The van der Waals surface area contributed by atoms with E-state index < -0.39 is 12.0 Å². The van der Waals surface area contributed by atoms with Crippen LogP contribution in [-0.4, -0.2) is 63.7 Å². The van der Waals surface area contributed by atoms with Gasteiger partial charge in [0.2, 0.25) is 5.91 Å². The highest BCUT2D eigenvalue weighted by atomic mass is 35.5. The zero-order chi connectivity index (χ0) is 28.3. The third kappa shape index (κ3) is 6.94. The smallest absolute Gasteiger partial charge is 0.407 e. The van der Waals surface area contributed by atoms with Crippen molar-refractivity contribution in [2.45, 2.75) is 57.0 Å². The molecule has 1 saturated heterocycles. The predicted molar refractivity (Wildman–Crippen MR) is 147 cm³/mol. The summed E-state index contributed by atoms with van der Waals surface area (Å²) < 4.78 is 6.18. The first-order chi connectivity index (χ1) is 18.6. The molecule has 1 aliphatic heterocycles. The normalized spacial score (nSPS) is 19.0. The predicted octanol–water partition coefficient (Wildman–Crippen LogP) is 4.46. The van der Waals surface area contributed by atoms with Crippen LogP contribution in [0.2, 0.25) is 10.0 Å². The fourth-order valence-corrected chi connectivity index (χ4v) is 5.68. The molecule has 2 unspecified atom stereocenters. The van der Waals surface area contributed by atoms with Crippen LogP contribution in [0.1, 0.15) is 54.7 Å². The number of hydrogen-bond acceptors (Lipinski definition) is 5. The van der Waals surface area contributed by atoms with Gasteiger partial charge in [0.15, 0.2) is 0 Å². The van der Waals surface area contributed by atoms with Crippen molar-refractivity contribution < 1.29 is 24.2 Å². The van der Waals surface area contributed by atoms with E-state index in [0.717, 1.165) is 24.0 Å². The van der Waals surface area contributed by atoms with Crippen LogP contribution in [0.15, 0.2) is 35.3 Å². The molecular weight excluding hydrogens is 545 g/mol. The van der Waals surface area contributed by atoms with Crippen LogP contribution in [0.4, 0.5) is 4.79 Å². The van der Waals surface area contributed by atoms with Gasteiger partial charge in [0.05, 0.1) is 23.1 Å². The molecule has 0 bridgehead atoms. The number of hydrogen-bond donors (Lipinski definition) is 1. The Morgan fingerprint density at radius 1 is 1.15 bits per heavy atom. The summed E-state index contributed by atoms with van der Waals surface area (Å²) in [6.07, 6.45) is 4.21. The third-order valence-corrected chi connectivity index (χ3v) is 8.45. The monoisotopic (exact) mass is 577 g/mol. The molecule has 9 nitrogen and oxygen atoms in total. The van der Waals surface area contributed by atoms with Crippen LogP contribution in [0.3, 0.4) is 0 Å². The van der Waals surface area contributed by atoms with Gasteiger partial charge >= 0.3 is 12.1 Å². The Labute approximate surface area is 237 Å². The lowest BCUT2D eigenvalue weighted by molar-refractivity contribution is -0.141. The number of pyridine rings is 1. The maximum atomic E-state index is 14.1. The van der Waals surface area contributed by atoms with Crippen LogP contribution in [0.25, 0.3) is 0 Å². The van der Waals surface area contributed by atoms with Gasteiger partial charge in [0, 0.05) is 51.4 Å². The average Bonchev–Trinajstić information content (AvgIpc) is 3.76. The maximum Gasteiger partial charge on any atom is 0.407 e. The number of amides is 2. The molecule has 2 aromatic rings. The van der Waals surface area contributed by atoms with E-state index >= 15 is 0 Å². The summed E-state index contributed by atoms with van der Waals surface area (Å²) in [5.74, 6) is -1.36. The molecule has 1 aromatic carbocycles. The van der Waals surface area contributed by atoms with Gasteiger partial charge < -0.3 is 24.2 Å². The Balaban J connectivity index is 1.61. The fraction of sp³-hybridized carbons (Fsp3) is 0.500. The third-order valence-electron chi connectivity index (χ3n) is 7.61. The maximum absolute atomic E-state index is 14.1. The molecule has 2 aliphatic rings. The van der Waals surface area contributed by atoms with Crippen LogP contribution in [0.5, 0.6) is 0 Å². The number of rotatable bonds is 9. The van der Waals surface area contributed by atoms with Gasteiger partial charge in [-0.1, -0.05) is 29.3 Å². The number of benzene rings is 1. The molecule has 0 spiro atoms. The van der Waals surface area contributed by atoms with Crippen molar-refractivity contribution in [3.05, 3.63) is 67.6 Å². The molecule has 1 aromatic heterocycles. The highest BCUT2D eigenvalue weighted by molar-refractivity contribution is 6.42. The molecule has 0 radical (unpaired) electrons. The van der Waals surface area contributed by atoms with Crippen molar-refractivity contribution in [1.82, 2.24) is 14.4 Å². The first kappa shape index (κ1) is 29.0. The number of aryl methyl sites for hydroxylation is 2. The van der Waals surface area contributed by atoms with Crippen molar-refractivity contribution in [2.24, 2.45) is 13.0 Å². The zero-order valence-electron chi connectivity index (χ0n) is 22.1. The van der Waals surface area contributed by atoms with Crippen molar-refractivity contribution >= 4 is 41.2 Å². The van der Waals surface area contributed by atoms with Crippen molar-refractivity contribution in [3.63, 3.8) is 0 Å². The van der Waals surface area contributed by atoms with Crippen molar-refractivity contribution in [3.8, 4) is 0 Å². The second-order valence-corrected chi connectivity index (χ2v) is 11.1. The topological polar surface area (TPSA) is 109 Å². The Bertz CT molecular complexity index is 1310. The van der Waals surface area contributed by atoms with Gasteiger partial charge in [-0.15, -0.1) is 0 Å². The number of halogens is 2. The Morgan fingerprint density at radius 3 is 2.54 bits per heavy atom. The summed E-state index contributed by atoms with van der Waals surface area (Å²) in [6.45, 7) is 0.580. The number of aromatic nitrogens is 1. The molecule has 1 aliphatic carbocycles. The Kier molecular flexibility index (Phi) is 9.23. The fourth-order valence-electron chi connectivity index (χ4n) is 5.25. The molecule has 2 amide bonds. The quantitative estimate of drug-likeness (QED) is 0.440.